The highest BCUT2D eigenvalue weighted by Gasteiger charge is 2.03. The van der Waals surface area contributed by atoms with Gasteiger partial charge in [-0.15, -0.1) is 0 Å². The monoisotopic (exact) mass is 281 g/mol. The van der Waals surface area contributed by atoms with Crippen molar-refractivity contribution in [3.8, 4) is 5.75 Å². The highest BCUT2D eigenvalue weighted by molar-refractivity contribution is 9.10. The lowest BCUT2D eigenvalue weighted by atomic mass is 10.2. The van der Waals surface area contributed by atoms with Crippen LogP contribution in [-0.4, -0.2) is 15.3 Å². The van der Waals surface area contributed by atoms with Crippen LogP contribution < -0.4 is 5.32 Å². The fourth-order valence-corrected chi connectivity index (χ4v) is 1.83. The van der Waals surface area contributed by atoms with Crippen LogP contribution >= 0.6 is 15.9 Å². The number of nitrogens with one attached hydrogen (secondary N) is 2. The summed E-state index contributed by atoms with van der Waals surface area (Å²) in [6.07, 6.45) is 3.61. The van der Waals surface area contributed by atoms with Crippen LogP contribution in [0.2, 0.25) is 0 Å². The molecule has 0 aliphatic heterocycles. The Hall–Kier alpha value is -1.33. The van der Waals surface area contributed by atoms with E-state index in [9.17, 15) is 5.11 Å². The number of phenols is 1. The van der Waals surface area contributed by atoms with Gasteiger partial charge in [0.2, 0.25) is 0 Å². The van der Waals surface area contributed by atoms with Crippen molar-refractivity contribution in [1.82, 2.24) is 15.5 Å². The largest absolute Gasteiger partial charge is 0.506 e. The number of benzene rings is 1. The van der Waals surface area contributed by atoms with E-state index in [1.165, 1.54) is 0 Å². The molecule has 0 radical (unpaired) electrons. The first-order chi connectivity index (χ1) is 7.77. The SMILES string of the molecule is Oc1c(Br)cccc1CNCc1cn[nH]c1. The lowest BCUT2D eigenvalue weighted by Crippen LogP contribution is -2.12. The van der Waals surface area contributed by atoms with E-state index in [-0.39, 0.29) is 0 Å². The number of para-hydroxylation sites is 1. The van der Waals surface area contributed by atoms with Gasteiger partial charge >= 0.3 is 0 Å². The molecule has 1 heterocycles. The predicted molar refractivity (Wildman–Crippen MR) is 64.9 cm³/mol. The van der Waals surface area contributed by atoms with Crippen molar-refractivity contribution < 1.29 is 5.11 Å². The Morgan fingerprint density at radius 3 is 3.00 bits per heavy atom. The third-order valence-corrected chi connectivity index (χ3v) is 2.91. The van der Waals surface area contributed by atoms with Crippen LogP contribution in [0.5, 0.6) is 5.75 Å². The van der Waals surface area contributed by atoms with Gasteiger partial charge in [0.05, 0.1) is 10.7 Å². The smallest absolute Gasteiger partial charge is 0.134 e. The minimum Gasteiger partial charge on any atom is -0.506 e. The van der Waals surface area contributed by atoms with Crippen molar-refractivity contribution in [2.24, 2.45) is 0 Å². The molecular weight excluding hydrogens is 270 g/mol. The molecule has 16 heavy (non-hydrogen) atoms. The third kappa shape index (κ3) is 2.62. The Kier molecular flexibility index (Phi) is 3.58. The van der Waals surface area contributed by atoms with Crippen LogP contribution in [0.25, 0.3) is 0 Å². The molecule has 5 heteroatoms. The minimum absolute atomic E-state index is 0.294. The van der Waals surface area contributed by atoms with Crippen molar-refractivity contribution in [3.05, 3.63) is 46.2 Å². The molecule has 0 aliphatic carbocycles. The van der Waals surface area contributed by atoms with Crippen molar-refractivity contribution in [3.63, 3.8) is 0 Å². The Labute approximate surface area is 102 Å². The van der Waals surface area contributed by atoms with Gasteiger partial charge < -0.3 is 10.4 Å². The number of rotatable bonds is 4. The number of hydrogen-bond acceptors (Lipinski definition) is 3. The number of halogens is 1. The molecule has 84 valence electrons. The standard InChI is InChI=1S/C11H12BrN3O/c12-10-3-1-2-9(11(10)16)7-13-4-8-5-14-15-6-8/h1-3,5-6,13,16H,4,7H2,(H,14,15). The number of phenolic OH excluding ortho intramolecular Hbond substituents is 1. The molecule has 1 aromatic carbocycles. The molecule has 0 atom stereocenters. The Balaban J connectivity index is 1.92. The third-order valence-electron chi connectivity index (χ3n) is 2.27. The molecule has 0 saturated heterocycles. The number of aromatic nitrogens is 2. The summed E-state index contributed by atoms with van der Waals surface area (Å²) in [6.45, 7) is 1.35. The van der Waals surface area contributed by atoms with E-state index < -0.39 is 0 Å². The van der Waals surface area contributed by atoms with Crippen LogP contribution in [0.15, 0.2) is 35.1 Å². The first-order valence-electron chi connectivity index (χ1n) is 4.92. The van der Waals surface area contributed by atoms with Gasteiger partial charge in [-0.25, -0.2) is 0 Å². The van der Waals surface area contributed by atoms with Crippen LogP contribution in [-0.2, 0) is 13.1 Å². The van der Waals surface area contributed by atoms with Crippen molar-refractivity contribution in [2.75, 3.05) is 0 Å². The molecule has 3 N–H and O–H groups in total. The maximum absolute atomic E-state index is 9.75. The molecule has 0 spiro atoms. The number of H-pyrrole nitrogens is 1. The van der Waals surface area contributed by atoms with Gasteiger partial charge in [0, 0.05) is 30.4 Å². The first kappa shape index (κ1) is 11.2. The number of aromatic hydroxyl groups is 1. The Morgan fingerprint density at radius 1 is 1.38 bits per heavy atom. The van der Waals surface area contributed by atoms with Gasteiger partial charge in [-0.1, -0.05) is 12.1 Å². The summed E-state index contributed by atoms with van der Waals surface area (Å²) in [5.74, 6) is 0.294. The highest BCUT2D eigenvalue weighted by atomic mass is 79.9. The van der Waals surface area contributed by atoms with Gasteiger partial charge in [0.15, 0.2) is 0 Å². The van der Waals surface area contributed by atoms with E-state index in [0.29, 0.717) is 12.3 Å². The zero-order valence-electron chi connectivity index (χ0n) is 8.57. The second-order valence-electron chi connectivity index (χ2n) is 3.46. The van der Waals surface area contributed by atoms with E-state index in [0.717, 1.165) is 22.1 Å². The van der Waals surface area contributed by atoms with Gasteiger partial charge in [-0.2, -0.15) is 5.10 Å². The van der Waals surface area contributed by atoms with Crippen molar-refractivity contribution in [2.45, 2.75) is 13.1 Å². The van der Waals surface area contributed by atoms with Crippen LogP contribution in [0, 0.1) is 0 Å². The molecule has 2 rings (SSSR count). The zero-order valence-corrected chi connectivity index (χ0v) is 10.2. The Bertz CT molecular complexity index is 456. The minimum atomic E-state index is 0.294. The number of hydrogen-bond donors (Lipinski definition) is 3. The highest BCUT2D eigenvalue weighted by Crippen LogP contribution is 2.27. The van der Waals surface area contributed by atoms with Crippen LogP contribution in [0.1, 0.15) is 11.1 Å². The maximum Gasteiger partial charge on any atom is 0.134 e. The molecule has 0 fully saturated rings. The quantitative estimate of drug-likeness (QED) is 0.805. The summed E-state index contributed by atoms with van der Waals surface area (Å²) < 4.78 is 0.718. The average Bonchev–Trinajstić information content (AvgIpc) is 2.77. The lowest BCUT2D eigenvalue weighted by Gasteiger charge is -2.06. The van der Waals surface area contributed by atoms with E-state index in [1.54, 1.807) is 6.20 Å². The summed E-state index contributed by atoms with van der Waals surface area (Å²) in [5, 5.41) is 19.6. The topological polar surface area (TPSA) is 60.9 Å². The number of aromatic amines is 1. The summed E-state index contributed by atoms with van der Waals surface area (Å²) in [4.78, 5) is 0. The van der Waals surface area contributed by atoms with E-state index in [1.807, 2.05) is 24.4 Å². The molecule has 0 unspecified atom stereocenters. The molecule has 1 aromatic heterocycles. The molecule has 0 amide bonds. The Morgan fingerprint density at radius 2 is 2.25 bits per heavy atom. The van der Waals surface area contributed by atoms with Gasteiger partial charge in [0.25, 0.3) is 0 Å². The molecule has 0 bridgehead atoms. The van der Waals surface area contributed by atoms with Crippen LogP contribution in [0.4, 0.5) is 0 Å². The van der Waals surface area contributed by atoms with Gasteiger partial charge in [0.1, 0.15) is 5.75 Å². The van der Waals surface area contributed by atoms with Gasteiger partial charge in [-0.3, -0.25) is 5.10 Å². The predicted octanol–water partition coefficient (Wildman–Crippen LogP) is 2.17. The van der Waals surface area contributed by atoms with E-state index >= 15 is 0 Å². The second kappa shape index (κ2) is 5.14. The average molecular weight is 282 g/mol. The molecular formula is C11H12BrN3O. The molecule has 0 saturated carbocycles. The van der Waals surface area contributed by atoms with Gasteiger partial charge in [-0.05, 0) is 22.0 Å². The van der Waals surface area contributed by atoms with E-state index in [2.05, 4.69) is 31.4 Å². The maximum atomic E-state index is 9.75. The first-order valence-corrected chi connectivity index (χ1v) is 5.71. The normalized spacial score (nSPS) is 10.6. The summed E-state index contributed by atoms with van der Waals surface area (Å²) in [6, 6.07) is 5.61. The van der Waals surface area contributed by atoms with Crippen LogP contribution in [0.3, 0.4) is 0 Å². The lowest BCUT2D eigenvalue weighted by molar-refractivity contribution is 0.461. The fraction of sp³-hybridized carbons (Fsp3) is 0.182. The van der Waals surface area contributed by atoms with Crippen molar-refractivity contribution >= 4 is 15.9 Å². The molecule has 2 aromatic rings. The zero-order chi connectivity index (χ0) is 11.4. The van der Waals surface area contributed by atoms with Crippen molar-refractivity contribution in [1.29, 1.82) is 0 Å². The summed E-state index contributed by atoms with van der Waals surface area (Å²) in [5.41, 5.74) is 1.97. The second-order valence-corrected chi connectivity index (χ2v) is 4.31. The molecule has 0 aliphatic rings. The fourth-order valence-electron chi connectivity index (χ4n) is 1.42. The summed E-state index contributed by atoms with van der Waals surface area (Å²) >= 11 is 3.28. The summed E-state index contributed by atoms with van der Waals surface area (Å²) in [7, 11) is 0. The molecule has 4 nitrogen and oxygen atoms in total. The number of nitrogens with zero attached hydrogens (tertiary/aromatic N) is 1. The van der Waals surface area contributed by atoms with E-state index in [4.69, 9.17) is 0 Å².